The van der Waals surface area contributed by atoms with Crippen LogP contribution in [0.5, 0.6) is 0 Å². The number of halogens is 1. The molecule has 0 atom stereocenters. The number of benzene rings is 1. The molecule has 0 amide bonds. The van der Waals surface area contributed by atoms with Crippen molar-refractivity contribution < 1.29 is 17.4 Å². The van der Waals surface area contributed by atoms with Crippen LogP contribution in [-0.4, -0.2) is 34.4 Å². The summed E-state index contributed by atoms with van der Waals surface area (Å²) in [5.41, 5.74) is 1.88. The third-order valence-electron chi connectivity index (χ3n) is 4.54. The molecule has 28 heavy (non-hydrogen) atoms. The number of aromatic amines is 1. The molecule has 10 heteroatoms. The highest BCUT2D eigenvalue weighted by Crippen LogP contribution is 2.22. The maximum atomic E-state index is 12.6. The van der Waals surface area contributed by atoms with Gasteiger partial charge in [-0.2, -0.15) is 8.42 Å². The van der Waals surface area contributed by atoms with Crippen molar-refractivity contribution in [1.82, 2.24) is 14.9 Å². The zero-order chi connectivity index (χ0) is 19.9. The molecule has 0 unspecified atom stereocenters. The number of aromatic nitrogens is 2. The van der Waals surface area contributed by atoms with Crippen LogP contribution in [0.2, 0.25) is 5.02 Å². The summed E-state index contributed by atoms with van der Waals surface area (Å²) in [4.78, 5) is 21.9. The lowest BCUT2D eigenvalue weighted by molar-refractivity contribution is 0.215. The summed E-state index contributed by atoms with van der Waals surface area (Å²) in [7, 11) is -4.37. The van der Waals surface area contributed by atoms with E-state index in [-0.39, 0.29) is 5.56 Å². The first-order valence-electron chi connectivity index (χ1n) is 8.46. The van der Waals surface area contributed by atoms with Gasteiger partial charge in [-0.25, -0.2) is 4.98 Å². The molecule has 0 saturated carbocycles. The van der Waals surface area contributed by atoms with E-state index in [0.29, 0.717) is 48.2 Å². The standard InChI is InChI=1S/C18H16ClN3O5S/c19-12-3-1-11(2-4-12)17-20-15-7-8-22(10-14(15)18(23)21-17)9-13-5-6-16(27-13)28(24,25)26/h1-6H,7-10H2,(H,20,21,23)(H,24,25,26). The number of fused-ring (bicyclic) bond motifs is 1. The van der Waals surface area contributed by atoms with E-state index in [4.69, 9.17) is 20.6 Å². The van der Waals surface area contributed by atoms with Crippen LogP contribution in [0.4, 0.5) is 0 Å². The SMILES string of the molecule is O=c1[nH]c(-c2ccc(Cl)cc2)nc2c1CN(Cc1ccc(S(=O)(=O)O)o1)CC2. The summed E-state index contributed by atoms with van der Waals surface area (Å²) in [6.45, 7) is 1.30. The second-order valence-corrected chi connectivity index (χ2v) is 8.29. The molecule has 4 rings (SSSR count). The van der Waals surface area contributed by atoms with Crippen LogP contribution in [0.15, 0.2) is 50.7 Å². The molecule has 2 N–H and O–H groups in total. The Morgan fingerprint density at radius 3 is 2.64 bits per heavy atom. The van der Waals surface area contributed by atoms with Gasteiger partial charge in [0.2, 0.25) is 5.09 Å². The Morgan fingerprint density at radius 2 is 1.96 bits per heavy atom. The molecule has 0 spiro atoms. The summed E-state index contributed by atoms with van der Waals surface area (Å²) >= 11 is 5.90. The average Bonchev–Trinajstić information content (AvgIpc) is 3.12. The molecule has 0 bridgehead atoms. The molecule has 8 nitrogen and oxygen atoms in total. The van der Waals surface area contributed by atoms with Gasteiger partial charge in [0.15, 0.2) is 0 Å². The van der Waals surface area contributed by atoms with Crippen molar-refractivity contribution in [2.75, 3.05) is 6.54 Å². The smallest absolute Gasteiger partial charge is 0.328 e. The highest BCUT2D eigenvalue weighted by atomic mass is 35.5. The first-order chi connectivity index (χ1) is 13.3. The highest BCUT2D eigenvalue weighted by molar-refractivity contribution is 7.85. The first-order valence-corrected chi connectivity index (χ1v) is 10.3. The van der Waals surface area contributed by atoms with E-state index < -0.39 is 15.2 Å². The normalized spacial score (nSPS) is 14.8. The monoisotopic (exact) mass is 421 g/mol. The lowest BCUT2D eigenvalue weighted by Crippen LogP contribution is -2.35. The van der Waals surface area contributed by atoms with Crippen molar-refractivity contribution >= 4 is 21.7 Å². The minimum Gasteiger partial charge on any atom is -0.446 e. The minimum atomic E-state index is -4.37. The van der Waals surface area contributed by atoms with Crippen molar-refractivity contribution in [2.24, 2.45) is 0 Å². The van der Waals surface area contributed by atoms with Crippen LogP contribution >= 0.6 is 11.6 Å². The molecule has 0 radical (unpaired) electrons. The maximum absolute atomic E-state index is 12.6. The molecule has 146 valence electrons. The molecule has 1 aliphatic heterocycles. The molecule has 0 fully saturated rings. The molecule has 2 aromatic heterocycles. The molecular formula is C18H16ClN3O5S. The zero-order valence-corrected chi connectivity index (χ0v) is 16.1. The topological polar surface area (TPSA) is 116 Å². The average molecular weight is 422 g/mol. The second kappa shape index (κ2) is 7.17. The summed E-state index contributed by atoms with van der Waals surface area (Å²) in [6.07, 6.45) is 0.575. The van der Waals surface area contributed by atoms with Gasteiger partial charge in [-0.15, -0.1) is 0 Å². The fraction of sp³-hybridized carbons (Fsp3) is 0.222. The van der Waals surface area contributed by atoms with Gasteiger partial charge in [-0.1, -0.05) is 11.6 Å². The summed E-state index contributed by atoms with van der Waals surface area (Å²) < 4.78 is 36.4. The Morgan fingerprint density at radius 1 is 1.21 bits per heavy atom. The first kappa shape index (κ1) is 18.9. The van der Waals surface area contributed by atoms with E-state index in [1.165, 1.54) is 12.1 Å². The summed E-state index contributed by atoms with van der Waals surface area (Å²) in [6, 6.07) is 9.77. The molecule has 3 heterocycles. The second-order valence-electron chi connectivity index (χ2n) is 6.50. The quantitative estimate of drug-likeness (QED) is 0.621. The molecule has 0 saturated heterocycles. The number of H-pyrrole nitrogens is 1. The van der Waals surface area contributed by atoms with Crippen LogP contribution in [0.1, 0.15) is 17.0 Å². The Hall–Kier alpha value is -2.46. The van der Waals surface area contributed by atoms with Crippen LogP contribution in [0.3, 0.4) is 0 Å². The number of nitrogens with one attached hydrogen (secondary N) is 1. The van der Waals surface area contributed by atoms with Crippen LogP contribution in [0.25, 0.3) is 11.4 Å². The van der Waals surface area contributed by atoms with Crippen molar-refractivity contribution in [1.29, 1.82) is 0 Å². The number of furan rings is 1. The van der Waals surface area contributed by atoms with Gasteiger partial charge in [0.1, 0.15) is 11.6 Å². The fourth-order valence-electron chi connectivity index (χ4n) is 3.16. The van der Waals surface area contributed by atoms with Crippen LogP contribution in [0, 0.1) is 0 Å². The van der Waals surface area contributed by atoms with Gasteiger partial charge in [0, 0.05) is 30.1 Å². The highest BCUT2D eigenvalue weighted by Gasteiger charge is 2.23. The van der Waals surface area contributed by atoms with E-state index in [9.17, 15) is 13.2 Å². The summed E-state index contributed by atoms with van der Waals surface area (Å²) in [5.74, 6) is 0.885. The molecular weight excluding hydrogens is 406 g/mol. The number of hydrogen-bond donors (Lipinski definition) is 2. The molecule has 1 aliphatic rings. The Balaban J connectivity index is 1.55. The third kappa shape index (κ3) is 3.88. The van der Waals surface area contributed by atoms with Crippen LogP contribution < -0.4 is 5.56 Å². The van der Waals surface area contributed by atoms with E-state index in [1.807, 2.05) is 4.90 Å². The fourth-order valence-corrected chi connectivity index (χ4v) is 3.74. The maximum Gasteiger partial charge on any atom is 0.328 e. The number of nitrogens with zero attached hydrogens (tertiary/aromatic N) is 2. The van der Waals surface area contributed by atoms with Crippen LogP contribution in [-0.2, 0) is 29.6 Å². The molecule has 1 aromatic carbocycles. The lowest BCUT2D eigenvalue weighted by Gasteiger charge is -2.26. The van der Waals surface area contributed by atoms with Gasteiger partial charge in [0.05, 0.1) is 17.8 Å². The van der Waals surface area contributed by atoms with E-state index in [0.717, 1.165) is 11.3 Å². The Labute approximate surface area is 165 Å². The van der Waals surface area contributed by atoms with Crippen molar-refractivity contribution in [3.63, 3.8) is 0 Å². The predicted molar refractivity (Wildman–Crippen MR) is 102 cm³/mol. The Bertz CT molecular complexity index is 1180. The number of rotatable bonds is 4. The van der Waals surface area contributed by atoms with Gasteiger partial charge in [-0.3, -0.25) is 14.2 Å². The third-order valence-corrected chi connectivity index (χ3v) is 5.52. The molecule has 3 aromatic rings. The summed E-state index contributed by atoms with van der Waals surface area (Å²) in [5, 5.41) is 0.113. The number of hydrogen-bond acceptors (Lipinski definition) is 6. The van der Waals surface area contributed by atoms with Crippen molar-refractivity contribution in [2.45, 2.75) is 24.6 Å². The Kier molecular flexibility index (Phi) is 4.84. The largest absolute Gasteiger partial charge is 0.446 e. The predicted octanol–water partition coefficient (Wildman–Crippen LogP) is 2.49. The minimum absolute atomic E-state index is 0.210. The van der Waals surface area contributed by atoms with E-state index in [2.05, 4.69) is 9.97 Å². The van der Waals surface area contributed by atoms with E-state index >= 15 is 0 Å². The zero-order valence-electron chi connectivity index (χ0n) is 14.6. The van der Waals surface area contributed by atoms with Gasteiger partial charge in [-0.05, 0) is 36.4 Å². The lowest BCUT2D eigenvalue weighted by atomic mass is 10.1. The van der Waals surface area contributed by atoms with Gasteiger partial charge >= 0.3 is 10.1 Å². The van der Waals surface area contributed by atoms with Crippen molar-refractivity contribution in [3.05, 3.63) is 68.8 Å². The van der Waals surface area contributed by atoms with Crippen molar-refractivity contribution in [3.8, 4) is 11.4 Å². The molecule has 0 aliphatic carbocycles. The van der Waals surface area contributed by atoms with E-state index in [1.54, 1.807) is 24.3 Å². The van der Waals surface area contributed by atoms with Gasteiger partial charge in [0.25, 0.3) is 5.56 Å². The van der Waals surface area contributed by atoms with Gasteiger partial charge < -0.3 is 9.40 Å².